The third kappa shape index (κ3) is 36.3. The molecule has 0 aromatic rings. The number of hydrogen-bond acceptors (Lipinski definition) is 9. The molecule has 302 valence electrons. The number of hydrogen-bond donors (Lipinski definition) is 3. The van der Waals surface area contributed by atoms with Gasteiger partial charge in [0.15, 0.2) is 6.10 Å². The van der Waals surface area contributed by atoms with Crippen molar-refractivity contribution in [3.05, 3.63) is 48.6 Å². The van der Waals surface area contributed by atoms with Crippen LogP contribution in [0.4, 0.5) is 0 Å². The summed E-state index contributed by atoms with van der Waals surface area (Å²) in [6.45, 7) is 2.21. The van der Waals surface area contributed by atoms with Crippen molar-refractivity contribution in [2.45, 2.75) is 174 Å². The van der Waals surface area contributed by atoms with Crippen molar-refractivity contribution in [2.75, 3.05) is 26.4 Å². The van der Waals surface area contributed by atoms with Gasteiger partial charge in [-0.05, 0) is 51.4 Å². The summed E-state index contributed by atoms with van der Waals surface area (Å²) in [7, 11) is -4.62. The topological polar surface area (TPSA) is 149 Å². The number of aliphatic hydroxyl groups excluding tert-OH is 2. The predicted molar refractivity (Wildman–Crippen MR) is 210 cm³/mol. The summed E-state index contributed by atoms with van der Waals surface area (Å²) in [6.07, 6.45) is 38.0. The van der Waals surface area contributed by atoms with Crippen molar-refractivity contribution in [3.8, 4) is 0 Å². The Kier molecular flexibility index (Phi) is 35.8. The first-order valence-electron chi connectivity index (χ1n) is 20.1. The van der Waals surface area contributed by atoms with Crippen molar-refractivity contribution in [1.82, 2.24) is 0 Å². The number of rotatable bonds is 37. The van der Waals surface area contributed by atoms with E-state index >= 15 is 0 Å². The summed E-state index contributed by atoms with van der Waals surface area (Å²) in [5.41, 5.74) is 0. The van der Waals surface area contributed by atoms with Crippen LogP contribution in [-0.2, 0) is 32.7 Å². The van der Waals surface area contributed by atoms with Crippen LogP contribution < -0.4 is 0 Å². The van der Waals surface area contributed by atoms with Crippen LogP contribution in [-0.4, -0.2) is 65.7 Å². The minimum absolute atomic E-state index is 0.132. The monoisotopic (exact) mass is 756 g/mol. The number of esters is 2. The minimum Gasteiger partial charge on any atom is -0.462 e. The number of allylic oxidation sites excluding steroid dienone is 8. The normalized spacial score (nSPS) is 14.5. The lowest BCUT2D eigenvalue weighted by Gasteiger charge is -2.20. The fourth-order valence-corrected chi connectivity index (χ4v) is 5.95. The molecule has 0 spiro atoms. The summed E-state index contributed by atoms with van der Waals surface area (Å²) in [4.78, 5) is 34.9. The maximum absolute atomic E-state index is 12.6. The van der Waals surface area contributed by atoms with E-state index in [4.69, 9.17) is 19.1 Å². The molecule has 0 fully saturated rings. The van der Waals surface area contributed by atoms with Gasteiger partial charge in [-0.15, -0.1) is 0 Å². The zero-order chi connectivity index (χ0) is 38.4. The van der Waals surface area contributed by atoms with Gasteiger partial charge in [-0.2, -0.15) is 0 Å². The Morgan fingerprint density at radius 3 is 1.60 bits per heavy atom. The highest BCUT2D eigenvalue weighted by Crippen LogP contribution is 2.43. The van der Waals surface area contributed by atoms with Crippen LogP contribution in [0.15, 0.2) is 48.6 Å². The summed E-state index contributed by atoms with van der Waals surface area (Å²) in [5, 5.41) is 18.3. The highest BCUT2D eigenvalue weighted by atomic mass is 31.2. The minimum atomic E-state index is -4.62. The molecule has 0 saturated carbocycles. The standard InChI is InChI=1S/C41H73O10P/c1-3-5-7-9-11-13-15-17-19-21-23-25-27-29-31-33-41(45)51-39(37-50-52(46,47)49-35-38(43)34-42)36-48-40(44)32-30-28-26-24-22-20-18-16-14-12-10-8-6-4-2/h5,7,11,13,17,19,23,25,38-39,42-43H,3-4,6,8-10,12,14-16,18,20-22,24,26-37H2,1-2H3,(H,46,47)/b7-5-,13-11-,19-17-,25-23-. The Hall–Kier alpha value is -2.07. The highest BCUT2D eigenvalue weighted by Gasteiger charge is 2.27. The van der Waals surface area contributed by atoms with E-state index in [0.29, 0.717) is 12.8 Å². The van der Waals surface area contributed by atoms with Crippen LogP contribution >= 0.6 is 7.82 Å². The second-order valence-electron chi connectivity index (χ2n) is 13.3. The summed E-state index contributed by atoms with van der Waals surface area (Å²) < 4.78 is 32.6. The van der Waals surface area contributed by atoms with Crippen LogP contribution in [0.5, 0.6) is 0 Å². The van der Waals surface area contributed by atoms with Gasteiger partial charge in [-0.3, -0.25) is 18.6 Å². The van der Waals surface area contributed by atoms with E-state index in [-0.39, 0.29) is 19.4 Å². The molecule has 10 nitrogen and oxygen atoms in total. The first kappa shape index (κ1) is 49.9. The third-order valence-corrected chi connectivity index (χ3v) is 9.20. The lowest BCUT2D eigenvalue weighted by Crippen LogP contribution is -2.29. The first-order valence-corrected chi connectivity index (χ1v) is 21.6. The number of phosphoric acid groups is 1. The molecule has 0 aromatic carbocycles. The maximum Gasteiger partial charge on any atom is 0.472 e. The Morgan fingerprint density at radius 2 is 1.06 bits per heavy atom. The molecule has 11 heteroatoms. The van der Waals surface area contributed by atoms with Gasteiger partial charge >= 0.3 is 19.8 Å². The lowest BCUT2D eigenvalue weighted by molar-refractivity contribution is -0.161. The molecular formula is C41H73O10P. The van der Waals surface area contributed by atoms with E-state index in [1.54, 1.807) is 0 Å². The van der Waals surface area contributed by atoms with Crippen LogP contribution in [0.2, 0.25) is 0 Å². The number of ether oxygens (including phenoxy) is 2. The quantitative estimate of drug-likeness (QED) is 0.0242. The molecule has 3 atom stereocenters. The number of unbranched alkanes of at least 4 members (excludes halogenated alkanes) is 15. The summed E-state index contributed by atoms with van der Waals surface area (Å²) in [6, 6.07) is 0. The molecule has 3 unspecified atom stereocenters. The number of aliphatic hydroxyl groups is 2. The van der Waals surface area contributed by atoms with Crippen molar-refractivity contribution in [3.63, 3.8) is 0 Å². The molecule has 0 aliphatic rings. The molecular weight excluding hydrogens is 683 g/mol. The van der Waals surface area contributed by atoms with Gasteiger partial charge in [-0.1, -0.05) is 146 Å². The van der Waals surface area contributed by atoms with Gasteiger partial charge in [-0.25, -0.2) is 4.57 Å². The van der Waals surface area contributed by atoms with E-state index in [9.17, 15) is 24.2 Å². The van der Waals surface area contributed by atoms with Crippen LogP contribution in [0.3, 0.4) is 0 Å². The molecule has 0 rings (SSSR count). The van der Waals surface area contributed by atoms with Crippen molar-refractivity contribution < 1.29 is 47.8 Å². The smallest absolute Gasteiger partial charge is 0.462 e. The van der Waals surface area contributed by atoms with Gasteiger partial charge in [0.1, 0.15) is 12.7 Å². The molecule has 0 heterocycles. The van der Waals surface area contributed by atoms with E-state index < -0.39 is 51.8 Å². The Balaban J connectivity index is 4.41. The molecule has 0 aliphatic carbocycles. The average Bonchev–Trinajstić information content (AvgIpc) is 3.13. The van der Waals surface area contributed by atoms with Crippen molar-refractivity contribution >= 4 is 19.8 Å². The predicted octanol–water partition coefficient (Wildman–Crippen LogP) is 10.2. The lowest BCUT2D eigenvalue weighted by atomic mass is 10.0. The molecule has 0 aromatic heterocycles. The maximum atomic E-state index is 12.6. The van der Waals surface area contributed by atoms with Gasteiger partial charge in [0.2, 0.25) is 0 Å². The Labute approximate surface area is 315 Å². The van der Waals surface area contributed by atoms with Crippen LogP contribution in [0, 0.1) is 0 Å². The fraction of sp³-hybridized carbons (Fsp3) is 0.756. The van der Waals surface area contributed by atoms with Crippen LogP contribution in [0.25, 0.3) is 0 Å². The third-order valence-electron chi connectivity index (χ3n) is 8.25. The zero-order valence-electron chi connectivity index (χ0n) is 32.5. The average molecular weight is 757 g/mol. The Morgan fingerprint density at radius 1 is 0.596 bits per heavy atom. The number of carbonyl (C=O) groups excluding carboxylic acids is 2. The van der Waals surface area contributed by atoms with Crippen LogP contribution in [0.1, 0.15) is 162 Å². The van der Waals surface area contributed by atoms with E-state index in [1.807, 2.05) is 0 Å². The van der Waals surface area contributed by atoms with Crippen molar-refractivity contribution in [2.24, 2.45) is 0 Å². The van der Waals surface area contributed by atoms with Gasteiger partial charge in [0, 0.05) is 12.8 Å². The fourth-order valence-electron chi connectivity index (χ4n) is 5.16. The molecule has 0 amide bonds. The molecule has 52 heavy (non-hydrogen) atoms. The molecule has 0 aliphatic heterocycles. The molecule has 0 radical (unpaired) electrons. The summed E-state index contributed by atoms with van der Waals surface area (Å²) >= 11 is 0. The van der Waals surface area contributed by atoms with Gasteiger partial charge < -0.3 is 24.6 Å². The zero-order valence-corrected chi connectivity index (χ0v) is 33.4. The Bertz CT molecular complexity index is 1010. The van der Waals surface area contributed by atoms with E-state index in [1.165, 1.54) is 64.2 Å². The summed E-state index contributed by atoms with van der Waals surface area (Å²) in [5.74, 6) is -0.974. The second kappa shape index (κ2) is 37.3. The van der Waals surface area contributed by atoms with E-state index in [0.717, 1.165) is 57.8 Å². The van der Waals surface area contributed by atoms with Crippen molar-refractivity contribution in [1.29, 1.82) is 0 Å². The SMILES string of the molecule is CC/C=C\C/C=C\C/C=C\C/C=C\CCCCC(=O)OC(COC(=O)CCCCCCCCCCCCCCCC)COP(=O)(O)OCC(O)CO. The molecule has 0 saturated heterocycles. The first-order chi connectivity index (χ1) is 25.2. The number of phosphoric ester groups is 1. The molecule has 3 N–H and O–H groups in total. The van der Waals surface area contributed by atoms with Gasteiger partial charge in [0.25, 0.3) is 0 Å². The second-order valence-corrected chi connectivity index (χ2v) is 14.7. The number of carbonyl (C=O) groups is 2. The molecule has 0 bridgehead atoms. The van der Waals surface area contributed by atoms with E-state index in [2.05, 4.69) is 67.0 Å². The highest BCUT2D eigenvalue weighted by molar-refractivity contribution is 7.47. The van der Waals surface area contributed by atoms with Gasteiger partial charge in [0.05, 0.1) is 19.8 Å². The largest absolute Gasteiger partial charge is 0.472 e.